The average molecular weight is 491 g/mol. The minimum Gasteiger partial charge on any atom is -0.463 e. The number of halogens is 3. The first-order chi connectivity index (χ1) is 15.9. The van der Waals surface area contributed by atoms with Gasteiger partial charge in [0.05, 0.1) is 6.61 Å². The summed E-state index contributed by atoms with van der Waals surface area (Å²) in [4.78, 5) is 46.5. The standard InChI is InChI=1S/C21H24F3NO9/c1-11(26)30-10-15-17(32-12(2)27)16(25-20(29)21(22,23)24)18(33-13(3)28)19(34-15)31-9-14-7-5-4-6-8-14/h4-8,15-19H,9-10H2,1-3H3,(H,25,29). The second kappa shape index (κ2) is 11.8. The van der Waals surface area contributed by atoms with E-state index in [1.54, 1.807) is 35.6 Å². The summed E-state index contributed by atoms with van der Waals surface area (Å²) < 4.78 is 65.6. The fourth-order valence-corrected chi connectivity index (χ4v) is 3.19. The van der Waals surface area contributed by atoms with E-state index in [0.29, 0.717) is 5.56 Å². The number of hydrogen-bond donors (Lipinski definition) is 1. The zero-order chi connectivity index (χ0) is 25.5. The van der Waals surface area contributed by atoms with Crippen LogP contribution in [0.4, 0.5) is 13.2 Å². The van der Waals surface area contributed by atoms with Crippen molar-refractivity contribution in [3.05, 3.63) is 35.9 Å². The normalized spacial score (nSPS) is 24.6. The molecule has 1 aromatic carbocycles. The fourth-order valence-electron chi connectivity index (χ4n) is 3.19. The smallest absolute Gasteiger partial charge is 0.463 e. The van der Waals surface area contributed by atoms with Gasteiger partial charge in [-0.15, -0.1) is 0 Å². The van der Waals surface area contributed by atoms with Gasteiger partial charge in [-0.3, -0.25) is 19.2 Å². The second-order valence-corrected chi connectivity index (χ2v) is 7.29. The minimum atomic E-state index is -5.30. The van der Waals surface area contributed by atoms with Gasteiger partial charge in [-0.05, 0) is 5.56 Å². The van der Waals surface area contributed by atoms with Crippen LogP contribution < -0.4 is 5.32 Å². The number of carbonyl (C=O) groups excluding carboxylic acids is 4. The molecule has 0 spiro atoms. The SMILES string of the molecule is CC(=O)OCC1OC(OCc2ccccc2)C(OC(C)=O)C(NC(=O)C(F)(F)F)C1OC(C)=O. The highest BCUT2D eigenvalue weighted by atomic mass is 19.4. The highest BCUT2D eigenvalue weighted by molar-refractivity contribution is 5.82. The molecule has 1 N–H and O–H groups in total. The van der Waals surface area contributed by atoms with Gasteiger partial charge in [-0.25, -0.2) is 0 Å². The summed E-state index contributed by atoms with van der Waals surface area (Å²) in [6.45, 7) is 2.38. The summed E-state index contributed by atoms with van der Waals surface area (Å²) in [5, 5.41) is 1.70. The molecule has 10 nitrogen and oxygen atoms in total. The summed E-state index contributed by atoms with van der Waals surface area (Å²) in [5.74, 6) is -4.97. The zero-order valence-corrected chi connectivity index (χ0v) is 18.5. The lowest BCUT2D eigenvalue weighted by atomic mass is 9.95. The molecule has 13 heteroatoms. The van der Waals surface area contributed by atoms with Gasteiger partial charge in [-0.2, -0.15) is 13.2 Å². The highest BCUT2D eigenvalue weighted by Crippen LogP contribution is 2.29. The first kappa shape index (κ1) is 27.1. The fraction of sp³-hybridized carbons (Fsp3) is 0.524. The van der Waals surface area contributed by atoms with Crippen LogP contribution in [0.2, 0.25) is 0 Å². The van der Waals surface area contributed by atoms with Crippen molar-refractivity contribution in [2.45, 2.75) is 64.2 Å². The Balaban J connectivity index is 2.43. The molecular weight excluding hydrogens is 467 g/mol. The minimum absolute atomic E-state index is 0.109. The molecule has 0 aromatic heterocycles. The Morgan fingerprint density at radius 3 is 2.06 bits per heavy atom. The van der Waals surface area contributed by atoms with E-state index in [-0.39, 0.29) is 6.61 Å². The number of ether oxygens (including phenoxy) is 5. The van der Waals surface area contributed by atoms with Gasteiger partial charge < -0.3 is 29.0 Å². The Hall–Kier alpha value is -3.19. The molecule has 0 radical (unpaired) electrons. The van der Waals surface area contributed by atoms with Gasteiger partial charge >= 0.3 is 30.0 Å². The zero-order valence-electron chi connectivity index (χ0n) is 18.5. The molecule has 1 aliphatic heterocycles. The highest BCUT2D eigenvalue weighted by Gasteiger charge is 2.53. The number of rotatable bonds is 8. The molecule has 1 amide bonds. The molecular formula is C21H24F3NO9. The lowest BCUT2D eigenvalue weighted by molar-refractivity contribution is -0.289. The van der Waals surface area contributed by atoms with Crippen LogP contribution in [-0.4, -0.2) is 67.2 Å². The third kappa shape index (κ3) is 7.99. The quantitative estimate of drug-likeness (QED) is 0.424. The van der Waals surface area contributed by atoms with E-state index < -0.39 is 67.2 Å². The lowest BCUT2D eigenvalue weighted by Gasteiger charge is -2.45. The maximum atomic E-state index is 13.0. The number of amides is 1. The molecule has 5 atom stereocenters. The van der Waals surface area contributed by atoms with Crippen LogP contribution in [0, 0.1) is 0 Å². The van der Waals surface area contributed by atoms with Crippen LogP contribution in [0.1, 0.15) is 26.3 Å². The first-order valence-corrected chi connectivity index (χ1v) is 10.0. The van der Waals surface area contributed by atoms with E-state index >= 15 is 0 Å². The molecule has 0 bridgehead atoms. The van der Waals surface area contributed by atoms with Gasteiger partial charge in [0.2, 0.25) is 0 Å². The monoisotopic (exact) mass is 491 g/mol. The largest absolute Gasteiger partial charge is 0.471 e. The number of carbonyl (C=O) groups is 4. The molecule has 1 aliphatic rings. The van der Waals surface area contributed by atoms with Crippen molar-refractivity contribution < 1.29 is 56.0 Å². The molecule has 5 unspecified atom stereocenters. The maximum Gasteiger partial charge on any atom is 0.471 e. The summed E-state index contributed by atoms with van der Waals surface area (Å²) in [7, 11) is 0. The summed E-state index contributed by atoms with van der Waals surface area (Å²) in [6.07, 6.45) is -11.4. The van der Waals surface area contributed by atoms with Crippen molar-refractivity contribution in [1.29, 1.82) is 0 Å². The molecule has 2 rings (SSSR count). The Morgan fingerprint density at radius 1 is 0.941 bits per heavy atom. The number of nitrogens with one attached hydrogen (secondary N) is 1. The van der Waals surface area contributed by atoms with E-state index in [9.17, 15) is 32.3 Å². The van der Waals surface area contributed by atoms with Gasteiger partial charge in [0.25, 0.3) is 0 Å². The molecule has 1 saturated heterocycles. The maximum absolute atomic E-state index is 13.0. The van der Waals surface area contributed by atoms with Crippen LogP contribution >= 0.6 is 0 Å². The van der Waals surface area contributed by atoms with Crippen molar-refractivity contribution in [3.8, 4) is 0 Å². The van der Waals surface area contributed by atoms with E-state index in [2.05, 4.69) is 0 Å². The molecule has 1 aromatic rings. The number of benzene rings is 1. The summed E-state index contributed by atoms with van der Waals surface area (Å²) in [5.41, 5.74) is 0.655. The molecule has 0 saturated carbocycles. The molecule has 34 heavy (non-hydrogen) atoms. The summed E-state index contributed by atoms with van der Waals surface area (Å²) in [6, 6.07) is 6.84. The van der Waals surface area contributed by atoms with E-state index in [1.165, 1.54) is 0 Å². The first-order valence-electron chi connectivity index (χ1n) is 10.0. The Bertz CT molecular complexity index is 878. The van der Waals surface area contributed by atoms with E-state index in [1.807, 2.05) is 0 Å². The molecule has 188 valence electrons. The van der Waals surface area contributed by atoms with E-state index in [4.69, 9.17) is 23.7 Å². The Kier molecular flexibility index (Phi) is 9.38. The van der Waals surface area contributed by atoms with E-state index in [0.717, 1.165) is 20.8 Å². The summed E-state index contributed by atoms with van der Waals surface area (Å²) >= 11 is 0. The second-order valence-electron chi connectivity index (χ2n) is 7.29. The molecule has 0 aliphatic carbocycles. The topological polar surface area (TPSA) is 126 Å². The number of esters is 3. The van der Waals surface area contributed by atoms with Gasteiger partial charge in [-0.1, -0.05) is 30.3 Å². The predicted octanol–water partition coefficient (Wildman–Crippen LogP) is 1.40. The molecule has 1 fully saturated rings. The van der Waals surface area contributed by atoms with Crippen LogP contribution in [0.15, 0.2) is 30.3 Å². The average Bonchev–Trinajstić information content (AvgIpc) is 2.73. The van der Waals surface area contributed by atoms with Crippen LogP contribution in [0.25, 0.3) is 0 Å². The lowest BCUT2D eigenvalue weighted by Crippen LogP contribution is -2.68. The van der Waals surface area contributed by atoms with Crippen LogP contribution in [0.3, 0.4) is 0 Å². The number of hydrogen-bond acceptors (Lipinski definition) is 9. The van der Waals surface area contributed by atoms with Gasteiger partial charge in [0.15, 0.2) is 18.5 Å². The Labute approximate surface area is 192 Å². The van der Waals surface area contributed by atoms with Gasteiger partial charge in [0.1, 0.15) is 18.8 Å². The van der Waals surface area contributed by atoms with Crippen molar-refractivity contribution >= 4 is 23.8 Å². The third-order valence-electron chi connectivity index (χ3n) is 4.52. The predicted molar refractivity (Wildman–Crippen MR) is 106 cm³/mol. The van der Waals surface area contributed by atoms with Crippen LogP contribution in [0.5, 0.6) is 0 Å². The van der Waals surface area contributed by atoms with Gasteiger partial charge in [0, 0.05) is 20.8 Å². The Morgan fingerprint density at radius 2 is 1.53 bits per heavy atom. The molecule has 1 heterocycles. The van der Waals surface area contributed by atoms with Crippen molar-refractivity contribution in [3.63, 3.8) is 0 Å². The van der Waals surface area contributed by atoms with Crippen molar-refractivity contribution in [2.24, 2.45) is 0 Å². The third-order valence-corrected chi connectivity index (χ3v) is 4.52. The van der Waals surface area contributed by atoms with Crippen molar-refractivity contribution in [2.75, 3.05) is 6.61 Å². The van der Waals surface area contributed by atoms with Crippen molar-refractivity contribution in [1.82, 2.24) is 5.32 Å². The van der Waals surface area contributed by atoms with Crippen LogP contribution in [-0.2, 0) is 49.5 Å². The number of alkyl halides is 3.